The standard InChI is InChI=1S/C7H4F2I2/c8-3-4-5(10)1-2-6(11)7(4)9/h1-2H,3H2. The highest BCUT2D eigenvalue weighted by Gasteiger charge is 2.09. The molecule has 0 aliphatic heterocycles. The molecule has 0 fully saturated rings. The molecule has 1 aromatic rings. The Hall–Kier alpha value is 0.540. The van der Waals surface area contributed by atoms with Gasteiger partial charge in [-0.2, -0.15) is 0 Å². The third kappa shape index (κ3) is 2.01. The van der Waals surface area contributed by atoms with Crippen LogP contribution in [0.1, 0.15) is 5.56 Å². The molecule has 0 spiro atoms. The van der Waals surface area contributed by atoms with Crippen molar-refractivity contribution in [2.75, 3.05) is 0 Å². The molecule has 0 radical (unpaired) electrons. The lowest BCUT2D eigenvalue weighted by atomic mass is 10.2. The van der Waals surface area contributed by atoms with Crippen molar-refractivity contribution in [2.45, 2.75) is 6.67 Å². The van der Waals surface area contributed by atoms with Crippen LogP contribution < -0.4 is 0 Å². The van der Waals surface area contributed by atoms with Crippen LogP contribution in [-0.4, -0.2) is 0 Å². The van der Waals surface area contributed by atoms with Gasteiger partial charge in [-0.25, -0.2) is 8.78 Å². The summed E-state index contributed by atoms with van der Waals surface area (Å²) in [5, 5.41) is 0. The zero-order valence-electron chi connectivity index (χ0n) is 5.37. The first-order valence-electron chi connectivity index (χ1n) is 2.85. The molecule has 0 atom stereocenters. The first kappa shape index (κ1) is 9.63. The fourth-order valence-electron chi connectivity index (χ4n) is 0.692. The zero-order chi connectivity index (χ0) is 8.43. The van der Waals surface area contributed by atoms with Crippen LogP contribution >= 0.6 is 45.2 Å². The summed E-state index contributed by atoms with van der Waals surface area (Å²) < 4.78 is 26.3. The van der Waals surface area contributed by atoms with E-state index in [-0.39, 0.29) is 5.56 Å². The predicted molar refractivity (Wildman–Crippen MR) is 56.6 cm³/mol. The van der Waals surface area contributed by atoms with Crippen molar-refractivity contribution in [3.63, 3.8) is 0 Å². The van der Waals surface area contributed by atoms with Crippen molar-refractivity contribution < 1.29 is 8.78 Å². The van der Waals surface area contributed by atoms with Crippen LogP contribution in [-0.2, 0) is 6.67 Å². The Morgan fingerprint density at radius 3 is 2.18 bits per heavy atom. The van der Waals surface area contributed by atoms with E-state index in [4.69, 9.17) is 0 Å². The number of halogens is 4. The van der Waals surface area contributed by atoms with Crippen molar-refractivity contribution in [2.24, 2.45) is 0 Å². The molecular weight excluding hydrogens is 376 g/mol. The van der Waals surface area contributed by atoms with E-state index < -0.39 is 12.5 Å². The Balaban J connectivity index is 3.29. The average Bonchev–Trinajstić information content (AvgIpc) is 1.99. The molecule has 0 saturated carbocycles. The molecule has 1 aromatic carbocycles. The molecule has 0 nitrogen and oxygen atoms in total. The number of benzene rings is 1. The molecule has 4 heteroatoms. The van der Waals surface area contributed by atoms with Crippen LogP contribution in [0.2, 0.25) is 0 Å². The maximum Gasteiger partial charge on any atom is 0.143 e. The fourth-order valence-corrected chi connectivity index (χ4v) is 1.76. The SMILES string of the molecule is FCc1c(I)ccc(I)c1F. The van der Waals surface area contributed by atoms with Gasteiger partial charge in [-0.3, -0.25) is 0 Å². The highest BCUT2D eigenvalue weighted by molar-refractivity contribution is 14.1. The maximum atomic E-state index is 13.0. The summed E-state index contributed by atoms with van der Waals surface area (Å²) in [5.74, 6) is -0.431. The van der Waals surface area contributed by atoms with E-state index in [1.807, 2.05) is 45.2 Å². The quantitative estimate of drug-likeness (QED) is 0.517. The Morgan fingerprint density at radius 2 is 1.73 bits per heavy atom. The van der Waals surface area contributed by atoms with Crippen molar-refractivity contribution in [1.29, 1.82) is 0 Å². The molecule has 0 aromatic heterocycles. The first-order valence-corrected chi connectivity index (χ1v) is 5.01. The highest BCUT2D eigenvalue weighted by atomic mass is 127. The monoisotopic (exact) mass is 380 g/mol. The van der Waals surface area contributed by atoms with E-state index in [9.17, 15) is 8.78 Å². The van der Waals surface area contributed by atoms with Crippen molar-refractivity contribution in [3.05, 3.63) is 30.7 Å². The summed E-state index contributed by atoms with van der Waals surface area (Å²) in [6.07, 6.45) is 0. The molecule has 60 valence electrons. The summed E-state index contributed by atoms with van der Waals surface area (Å²) in [7, 11) is 0. The minimum absolute atomic E-state index is 0.164. The molecule has 0 heterocycles. The highest BCUT2D eigenvalue weighted by Crippen LogP contribution is 2.21. The first-order chi connectivity index (χ1) is 5.16. The topological polar surface area (TPSA) is 0 Å². The van der Waals surface area contributed by atoms with Gasteiger partial charge < -0.3 is 0 Å². The molecule has 0 aliphatic rings. The Kier molecular flexibility index (Phi) is 3.48. The van der Waals surface area contributed by atoms with Crippen LogP contribution in [0.4, 0.5) is 8.78 Å². The van der Waals surface area contributed by atoms with E-state index in [0.717, 1.165) is 0 Å². The van der Waals surface area contributed by atoms with Gasteiger partial charge in [0.05, 0.1) is 0 Å². The second-order valence-corrected chi connectivity index (χ2v) is 4.28. The number of rotatable bonds is 1. The molecule has 0 saturated heterocycles. The van der Waals surface area contributed by atoms with Gasteiger partial charge in [-0.1, -0.05) is 0 Å². The van der Waals surface area contributed by atoms with Gasteiger partial charge in [0.2, 0.25) is 0 Å². The van der Waals surface area contributed by atoms with Crippen LogP contribution in [0.25, 0.3) is 0 Å². The van der Waals surface area contributed by atoms with Crippen LogP contribution in [0.15, 0.2) is 12.1 Å². The van der Waals surface area contributed by atoms with E-state index in [1.54, 1.807) is 12.1 Å². The molecular formula is C7H4F2I2. The van der Waals surface area contributed by atoms with E-state index in [2.05, 4.69) is 0 Å². The number of alkyl halides is 1. The van der Waals surface area contributed by atoms with Gasteiger partial charge in [0.25, 0.3) is 0 Å². The Labute approximate surface area is 90.7 Å². The average molecular weight is 380 g/mol. The van der Waals surface area contributed by atoms with E-state index >= 15 is 0 Å². The van der Waals surface area contributed by atoms with Crippen LogP contribution in [0.5, 0.6) is 0 Å². The molecule has 0 aliphatic carbocycles. The van der Waals surface area contributed by atoms with Gasteiger partial charge in [-0.05, 0) is 57.3 Å². The van der Waals surface area contributed by atoms with Crippen LogP contribution in [0, 0.1) is 13.0 Å². The largest absolute Gasteiger partial charge is 0.246 e. The fraction of sp³-hybridized carbons (Fsp3) is 0.143. The maximum absolute atomic E-state index is 13.0. The van der Waals surface area contributed by atoms with Gasteiger partial charge in [0, 0.05) is 12.7 Å². The Bertz CT molecular complexity index is 273. The van der Waals surface area contributed by atoms with Gasteiger partial charge in [-0.15, -0.1) is 0 Å². The zero-order valence-corrected chi connectivity index (χ0v) is 9.69. The summed E-state index contributed by atoms with van der Waals surface area (Å²) in [4.78, 5) is 0. The minimum Gasteiger partial charge on any atom is -0.246 e. The lowest BCUT2D eigenvalue weighted by Gasteiger charge is -2.02. The smallest absolute Gasteiger partial charge is 0.143 e. The molecule has 0 bridgehead atoms. The van der Waals surface area contributed by atoms with Crippen molar-refractivity contribution >= 4 is 45.2 Å². The Morgan fingerprint density at radius 1 is 1.18 bits per heavy atom. The molecule has 0 amide bonds. The molecule has 11 heavy (non-hydrogen) atoms. The van der Waals surface area contributed by atoms with Crippen LogP contribution in [0.3, 0.4) is 0 Å². The summed E-state index contributed by atoms with van der Waals surface area (Å²) >= 11 is 3.76. The minimum atomic E-state index is -0.735. The van der Waals surface area contributed by atoms with E-state index in [0.29, 0.717) is 7.14 Å². The number of hydrogen-bond acceptors (Lipinski definition) is 0. The summed E-state index contributed by atoms with van der Waals surface area (Å²) in [5.41, 5.74) is 0.164. The molecule has 0 unspecified atom stereocenters. The second-order valence-electron chi connectivity index (χ2n) is 1.96. The van der Waals surface area contributed by atoms with Gasteiger partial charge in [0.1, 0.15) is 12.5 Å². The lowest BCUT2D eigenvalue weighted by molar-refractivity contribution is 0.460. The number of hydrogen-bond donors (Lipinski definition) is 0. The predicted octanol–water partition coefficient (Wildman–Crippen LogP) is 3.50. The van der Waals surface area contributed by atoms with Gasteiger partial charge in [0.15, 0.2) is 0 Å². The summed E-state index contributed by atoms with van der Waals surface area (Å²) in [6.45, 7) is -0.735. The second kappa shape index (κ2) is 3.97. The van der Waals surface area contributed by atoms with Gasteiger partial charge >= 0.3 is 0 Å². The summed E-state index contributed by atoms with van der Waals surface area (Å²) in [6, 6.07) is 3.34. The third-order valence-electron chi connectivity index (χ3n) is 1.27. The molecule has 1 rings (SSSR count). The molecule has 0 N–H and O–H groups in total. The normalized spacial score (nSPS) is 10.2. The van der Waals surface area contributed by atoms with Crippen molar-refractivity contribution in [3.8, 4) is 0 Å². The van der Waals surface area contributed by atoms with Crippen molar-refractivity contribution in [1.82, 2.24) is 0 Å². The van der Waals surface area contributed by atoms with E-state index in [1.165, 1.54) is 0 Å². The lowest BCUT2D eigenvalue weighted by Crippen LogP contribution is -1.93. The third-order valence-corrected chi connectivity index (χ3v) is 3.12.